The van der Waals surface area contributed by atoms with Gasteiger partial charge in [0.1, 0.15) is 29.1 Å². The summed E-state index contributed by atoms with van der Waals surface area (Å²) in [6.07, 6.45) is 3.95. The molecule has 0 aliphatic heterocycles. The summed E-state index contributed by atoms with van der Waals surface area (Å²) in [7, 11) is 1.60. The number of benzene rings is 2. The molecule has 2 aromatic carbocycles. The smallest absolute Gasteiger partial charge is 0.310 e. The van der Waals surface area contributed by atoms with E-state index in [9.17, 15) is 14.3 Å². The number of nitrogens with zero attached hydrogens (tertiary/aromatic N) is 1. The van der Waals surface area contributed by atoms with Crippen LogP contribution in [0.5, 0.6) is 11.5 Å². The quantitative estimate of drug-likeness (QED) is 0.486. The normalized spacial score (nSPS) is 23.1. The third kappa shape index (κ3) is 3.54. The van der Waals surface area contributed by atoms with Gasteiger partial charge in [-0.25, -0.2) is 4.39 Å². The Kier molecular flexibility index (Phi) is 5.31. The van der Waals surface area contributed by atoms with Crippen molar-refractivity contribution < 1.29 is 23.8 Å². The van der Waals surface area contributed by atoms with Crippen LogP contribution in [0.15, 0.2) is 54.7 Å². The van der Waals surface area contributed by atoms with E-state index in [-0.39, 0.29) is 11.7 Å². The number of hydrogen-bond donors (Lipinski definition) is 1. The van der Waals surface area contributed by atoms with Gasteiger partial charge in [0, 0.05) is 23.2 Å². The summed E-state index contributed by atoms with van der Waals surface area (Å²) in [4.78, 5) is 16.1. The number of hydrogen-bond acceptors (Lipinski definition) is 4. The van der Waals surface area contributed by atoms with Gasteiger partial charge in [0.15, 0.2) is 0 Å². The summed E-state index contributed by atoms with van der Waals surface area (Å²) in [6, 6.07) is 14.5. The van der Waals surface area contributed by atoms with Gasteiger partial charge in [-0.3, -0.25) is 9.78 Å². The molecule has 1 N–H and O–H groups in total. The summed E-state index contributed by atoms with van der Waals surface area (Å²) in [5.41, 5.74) is 3.41. The van der Waals surface area contributed by atoms with Crippen molar-refractivity contribution in [3.8, 4) is 22.8 Å². The van der Waals surface area contributed by atoms with E-state index >= 15 is 0 Å². The van der Waals surface area contributed by atoms with E-state index in [1.165, 1.54) is 6.07 Å². The Morgan fingerprint density at radius 1 is 1.21 bits per heavy atom. The molecule has 1 aromatic heterocycles. The molecule has 33 heavy (non-hydrogen) atoms. The van der Waals surface area contributed by atoms with Gasteiger partial charge in [0.25, 0.3) is 0 Å². The van der Waals surface area contributed by atoms with Crippen LogP contribution in [0.3, 0.4) is 0 Å². The van der Waals surface area contributed by atoms with E-state index in [0.717, 1.165) is 16.7 Å². The lowest BCUT2D eigenvalue weighted by Gasteiger charge is -2.17. The van der Waals surface area contributed by atoms with Crippen molar-refractivity contribution in [2.24, 2.45) is 5.41 Å². The van der Waals surface area contributed by atoms with Gasteiger partial charge < -0.3 is 14.6 Å². The van der Waals surface area contributed by atoms with Crippen LogP contribution in [-0.4, -0.2) is 23.2 Å². The molecule has 1 fully saturated rings. The van der Waals surface area contributed by atoms with Crippen LogP contribution >= 0.6 is 0 Å². The topological polar surface area (TPSA) is 68.7 Å². The van der Waals surface area contributed by atoms with E-state index in [0.29, 0.717) is 48.4 Å². The first-order valence-corrected chi connectivity index (χ1v) is 11.3. The third-order valence-electron chi connectivity index (χ3n) is 7.22. The predicted molar refractivity (Wildman–Crippen MR) is 122 cm³/mol. The Hall–Kier alpha value is -3.41. The summed E-state index contributed by atoms with van der Waals surface area (Å²) in [5, 5.41) is 9.56. The Morgan fingerprint density at radius 3 is 2.67 bits per heavy atom. The highest BCUT2D eigenvalue weighted by Gasteiger charge is 2.59. The molecule has 0 spiro atoms. The van der Waals surface area contributed by atoms with Crippen LogP contribution in [0.25, 0.3) is 11.3 Å². The number of methoxy groups -OCH3 is 1. The molecule has 2 aliphatic carbocycles. The highest BCUT2D eigenvalue weighted by molar-refractivity contribution is 5.80. The monoisotopic (exact) mass is 447 g/mol. The van der Waals surface area contributed by atoms with E-state index in [1.54, 1.807) is 19.4 Å². The molecule has 6 heteroatoms. The molecular weight excluding hydrogens is 421 g/mol. The molecular formula is C27H26FNO4. The zero-order chi connectivity index (χ0) is 23.2. The Labute approximate surface area is 192 Å². The van der Waals surface area contributed by atoms with Crippen molar-refractivity contribution in [3.63, 3.8) is 0 Å². The van der Waals surface area contributed by atoms with Gasteiger partial charge in [-0.2, -0.15) is 0 Å². The van der Waals surface area contributed by atoms with E-state index in [1.807, 2.05) is 43.3 Å². The lowest BCUT2D eigenvalue weighted by Crippen LogP contribution is -2.15. The molecule has 0 unspecified atom stereocenters. The number of rotatable bonds is 7. The van der Waals surface area contributed by atoms with Crippen LogP contribution in [0.1, 0.15) is 54.9 Å². The van der Waals surface area contributed by atoms with E-state index in [2.05, 4.69) is 4.98 Å². The van der Waals surface area contributed by atoms with Gasteiger partial charge >= 0.3 is 5.97 Å². The zero-order valence-electron chi connectivity index (χ0n) is 18.7. The largest absolute Gasteiger partial charge is 0.494 e. The maximum absolute atomic E-state index is 14.9. The van der Waals surface area contributed by atoms with Crippen LogP contribution in [-0.2, 0) is 11.2 Å². The Balaban J connectivity index is 1.39. The summed E-state index contributed by atoms with van der Waals surface area (Å²) < 4.78 is 26.6. The molecule has 0 saturated heterocycles. The zero-order valence-corrected chi connectivity index (χ0v) is 18.7. The molecule has 2 aliphatic rings. The lowest BCUT2D eigenvalue weighted by molar-refractivity contribution is -0.143. The number of ether oxygens (including phenoxy) is 2. The average molecular weight is 448 g/mol. The molecule has 5 rings (SSSR count). The van der Waals surface area contributed by atoms with Crippen LogP contribution in [0.2, 0.25) is 0 Å². The average Bonchev–Trinajstić information content (AvgIpc) is 3.46. The van der Waals surface area contributed by atoms with E-state index in [4.69, 9.17) is 9.47 Å². The Morgan fingerprint density at radius 2 is 2.00 bits per heavy atom. The Bertz CT molecular complexity index is 1210. The minimum Gasteiger partial charge on any atom is -0.494 e. The highest BCUT2D eigenvalue weighted by Crippen LogP contribution is 2.61. The molecule has 1 saturated carbocycles. The molecule has 0 radical (unpaired) electrons. The van der Waals surface area contributed by atoms with Crippen molar-refractivity contribution in [1.82, 2.24) is 4.98 Å². The molecule has 0 bridgehead atoms. The number of aromatic nitrogens is 1. The number of fused-ring (bicyclic) bond motifs is 1. The van der Waals surface area contributed by atoms with E-state index < -0.39 is 17.5 Å². The molecule has 170 valence electrons. The highest BCUT2D eigenvalue weighted by atomic mass is 19.1. The fraction of sp³-hybridized carbons (Fsp3) is 0.333. The lowest BCUT2D eigenvalue weighted by atomic mass is 9.96. The van der Waals surface area contributed by atoms with Gasteiger partial charge in [-0.15, -0.1) is 0 Å². The molecule has 5 nitrogen and oxygen atoms in total. The second kappa shape index (κ2) is 8.18. The molecule has 0 amide bonds. The number of halogens is 1. The van der Waals surface area contributed by atoms with Crippen LogP contribution < -0.4 is 9.47 Å². The molecule has 3 atom stereocenters. The standard InChI is InChI=1S/C27H26FNO4/c1-3-27(26(30)31)15-20(27)16-6-8-17(9-7-16)33-22-13-11-18-19(10-12-21(28)24(18)22)25-23(32-2)5-4-14-29-25/h4-10,12,14,20,22H,3,11,13,15H2,1-2H3,(H,30,31)/t20-,22+,27-/m0/s1. The van der Waals surface area contributed by atoms with Crippen molar-refractivity contribution in [1.29, 1.82) is 0 Å². The molecule has 1 heterocycles. The third-order valence-corrected chi connectivity index (χ3v) is 7.22. The summed E-state index contributed by atoms with van der Waals surface area (Å²) in [5.74, 6) is 0.323. The van der Waals surface area contributed by atoms with Crippen molar-refractivity contribution in [3.05, 3.63) is 77.2 Å². The van der Waals surface area contributed by atoms with Crippen LogP contribution in [0, 0.1) is 11.2 Å². The van der Waals surface area contributed by atoms with Crippen molar-refractivity contribution in [2.75, 3.05) is 7.11 Å². The van der Waals surface area contributed by atoms with Gasteiger partial charge in [-0.1, -0.05) is 19.1 Å². The van der Waals surface area contributed by atoms with Gasteiger partial charge in [0.05, 0.1) is 12.5 Å². The second-order valence-electron chi connectivity index (χ2n) is 8.83. The minimum absolute atomic E-state index is 0.0367. The van der Waals surface area contributed by atoms with Crippen molar-refractivity contribution in [2.45, 2.75) is 44.6 Å². The van der Waals surface area contributed by atoms with Crippen molar-refractivity contribution >= 4 is 5.97 Å². The summed E-state index contributed by atoms with van der Waals surface area (Å²) in [6.45, 7) is 1.92. The SMILES string of the molecule is CC[C@]1(C(=O)O)C[C@H]1c1ccc(O[C@@H]2CCc3c(-c4ncccc4OC)ccc(F)c32)cc1. The summed E-state index contributed by atoms with van der Waals surface area (Å²) >= 11 is 0. The second-order valence-corrected chi connectivity index (χ2v) is 8.83. The number of carboxylic acids is 1. The number of carboxylic acid groups (broad SMARTS) is 1. The van der Waals surface area contributed by atoms with Crippen LogP contribution in [0.4, 0.5) is 4.39 Å². The first kappa shape index (κ1) is 21.4. The minimum atomic E-state index is -0.728. The van der Waals surface area contributed by atoms with Gasteiger partial charge in [-0.05, 0) is 73.2 Å². The fourth-order valence-corrected chi connectivity index (χ4v) is 5.23. The maximum atomic E-state index is 14.9. The molecule has 3 aromatic rings. The number of carbonyl (C=O) groups is 1. The number of pyridine rings is 1. The predicted octanol–water partition coefficient (Wildman–Crippen LogP) is 5.93. The first-order chi connectivity index (χ1) is 16.0. The van der Waals surface area contributed by atoms with Gasteiger partial charge in [0.2, 0.25) is 0 Å². The first-order valence-electron chi connectivity index (χ1n) is 11.3. The fourth-order valence-electron chi connectivity index (χ4n) is 5.23. The number of aliphatic carboxylic acids is 1. The maximum Gasteiger partial charge on any atom is 0.310 e.